The zero-order valence-electron chi connectivity index (χ0n) is 14.9. The second-order valence-electron chi connectivity index (χ2n) is 6.10. The SMILES string of the molecule is COc1ccc(Cc2ccccc2)cc1Nc1nc(-c2cccnc2)cs1. The zero-order valence-corrected chi connectivity index (χ0v) is 15.7. The third-order valence-corrected chi connectivity index (χ3v) is 4.98. The fourth-order valence-corrected chi connectivity index (χ4v) is 3.62. The molecule has 1 N–H and O–H groups in total. The lowest BCUT2D eigenvalue weighted by Crippen LogP contribution is -1.97. The van der Waals surface area contributed by atoms with Crippen molar-refractivity contribution in [3.63, 3.8) is 0 Å². The van der Waals surface area contributed by atoms with Crippen molar-refractivity contribution >= 4 is 22.2 Å². The molecule has 4 nitrogen and oxygen atoms in total. The van der Waals surface area contributed by atoms with Crippen LogP contribution in [0.5, 0.6) is 5.75 Å². The molecule has 2 heterocycles. The summed E-state index contributed by atoms with van der Waals surface area (Å²) in [6.45, 7) is 0. The van der Waals surface area contributed by atoms with Gasteiger partial charge in [-0.15, -0.1) is 11.3 Å². The van der Waals surface area contributed by atoms with Crippen molar-refractivity contribution in [3.05, 3.63) is 89.6 Å². The Labute approximate surface area is 162 Å². The number of methoxy groups -OCH3 is 1. The number of ether oxygens (including phenoxy) is 1. The Balaban J connectivity index is 1.57. The first-order chi connectivity index (χ1) is 13.3. The van der Waals surface area contributed by atoms with Gasteiger partial charge in [-0.2, -0.15) is 0 Å². The van der Waals surface area contributed by atoms with E-state index >= 15 is 0 Å². The summed E-state index contributed by atoms with van der Waals surface area (Å²) < 4.78 is 5.52. The zero-order chi connectivity index (χ0) is 18.5. The second kappa shape index (κ2) is 8.01. The number of nitrogens with one attached hydrogen (secondary N) is 1. The van der Waals surface area contributed by atoms with Crippen molar-refractivity contribution < 1.29 is 4.74 Å². The smallest absolute Gasteiger partial charge is 0.187 e. The average Bonchev–Trinajstić information content (AvgIpc) is 3.18. The number of pyridine rings is 1. The lowest BCUT2D eigenvalue weighted by Gasteiger charge is -2.11. The molecular formula is C22H19N3OS. The van der Waals surface area contributed by atoms with E-state index in [0.29, 0.717) is 0 Å². The summed E-state index contributed by atoms with van der Waals surface area (Å²) >= 11 is 1.56. The highest BCUT2D eigenvalue weighted by molar-refractivity contribution is 7.14. The highest BCUT2D eigenvalue weighted by Gasteiger charge is 2.09. The van der Waals surface area contributed by atoms with Gasteiger partial charge in [-0.1, -0.05) is 36.4 Å². The normalized spacial score (nSPS) is 10.6. The molecule has 27 heavy (non-hydrogen) atoms. The number of thiazole rings is 1. The molecule has 0 aliphatic heterocycles. The van der Waals surface area contributed by atoms with Crippen LogP contribution in [0.15, 0.2) is 78.4 Å². The maximum absolute atomic E-state index is 5.52. The molecule has 0 saturated heterocycles. The van der Waals surface area contributed by atoms with Crippen LogP contribution in [0.3, 0.4) is 0 Å². The first-order valence-corrected chi connectivity index (χ1v) is 9.53. The van der Waals surface area contributed by atoms with Crippen molar-refractivity contribution in [1.82, 2.24) is 9.97 Å². The molecule has 0 radical (unpaired) electrons. The van der Waals surface area contributed by atoms with Gasteiger partial charge < -0.3 is 10.1 Å². The van der Waals surface area contributed by atoms with Gasteiger partial charge in [0.2, 0.25) is 0 Å². The average molecular weight is 373 g/mol. The lowest BCUT2D eigenvalue weighted by molar-refractivity contribution is 0.416. The van der Waals surface area contributed by atoms with Crippen LogP contribution in [-0.2, 0) is 6.42 Å². The van der Waals surface area contributed by atoms with Gasteiger partial charge in [-0.05, 0) is 41.8 Å². The molecule has 0 amide bonds. The summed E-state index contributed by atoms with van der Waals surface area (Å²) in [7, 11) is 1.68. The molecule has 4 aromatic rings. The van der Waals surface area contributed by atoms with Crippen LogP contribution < -0.4 is 10.1 Å². The van der Waals surface area contributed by atoms with E-state index in [4.69, 9.17) is 4.74 Å². The van der Waals surface area contributed by atoms with Gasteiger partial charge in [0, 0.05) is 23.3 Å². The summed E-state index contributed by atoms with van der Waals surface area (Å²) in [4.78, 5) is 8.83. The Bertz CT molecular complexity index is 1020. The third kappa shape index (κ3) is 4.15. The Morgan fingerprint density at radius 1 is 1.00 bits per heavy atom. The molecule has 4 rings (SSSR count). The van der Waals surface area contributed by atoms with Crippen LogP contribution in [0.1, 0.15) is 11.1 Å². The summed E-state index contributed by atoms with van der Waals surface area (Å²) in [5.74, 6) is 0.796. The van der Waals surface area contributed by atoms with E-state index in [9.17, 15) is 0 Å². The van der Waals surface area contributed by atoms with E-state index in [1.54, 1.807) is 24.6 Å². The van der Waals surface area contributed by atoms with Gasteiger partial charge in [0.1, 0.15) is 5.75 Å². The first-order valence-electron chi connectivity index (χ1n) is 8.65. The number of nitrogens with zero attached hydrogens (tertiary/aromatic N) is 2. The molecule has 0 aliphatic carbocycles. The van der Waals surface area contributed by atoms with E-state index in [1.165, 1.54) is 11.1 Å². The fourth-order valence-electron chi connectivity index (χ4n) is 2.89. The topological polar surface area (TPSA) is 47.0 Å². The Morgan fingerprint density at radius 2 is 1.89 bits per heavy atom. The van der Waals surface area contributed by atoms with Crippen LogP contribution in [0, 0.1) is 0 Å². The highest BCUT2D eigenvalue weighted by Crippen LogP contribution is 2.32. The van der Waals surface area contributed by atoms with Gasteiger partial charge in [0.05, 0.1) is 18.5 Å². The van der Waals surface area contributed by atoms with Gasteiger partial charge in [0.15, 0.2) is 5.13 Å². The van der Waals surface area contributed by atoms with Crippen molar-refractivity contribution in [2.75, 3.05) is 12.4 Å². The Hall–Kier alpha value is -3.18. The van der Waals surface area contributed by atoms with Crippen LogP contribution in [-0.4, -0.2) is 17.1 Å². The molecule has 2 aromatic carbocycles. The van der Waals surface area contributed by atoms with E-state index < -0.39 is 0 Å². The summed E-state index contributed by atoms with van der Waals surface area (Å²) in [5.41, 5.74) is 5.33. The minimum Gasteiger partial charge on any atom is -0.495 e. The number of hydrogen-bond acceptors (Lipinski definition) is 5. The van der Waals surface area contributed by atoms with Crippen molar-refractivity contribution in [2.45, 2.75) is 6.42 Å². The molecule has 0 spiro atoms. The van der Waals surface area contributed by atoms with Crippen molar-refractivity contribution in [2.24, 2.45) is 0 Å². The maximum atomic E-state index is 5.52. The molecule has 0 bridgehead atoms. The van der Waals surface area contributed by atoms with E-state index in [0.717, 1.165) is 34.2 Å². The van der Waals surface area contributed by atoms with Crippen LogP contribution in [0.25, 0.3) is 11.3 Å². The molecule has 0 atom stereocenters. The molecule has 2 aromatic heterocycles. The Kier molecular flexibility index (Phi) is 5.12. The quantitative estimate of drug-likeness (QED) is 0.481. The molecule has 0 unspecified atom stereocenters. The summed E-state index contributed by atoms with van der Waals surface area (Å²) in [6, 6.07) is 20.6. The predicted molar refractivity (Wildman–Crippen MR) is 111 cm³/mol. The lowest BCUT2D eigenvalue weighted by atomic mass is 10.0. The first kappa shape index (κ1) is 17.2. The van der Waals surface area contributed by atoms with Crippen LogP contribution in [0.4, 0.5) is 10.8 Å². The molecular weight excluding hydrogens is 354 g/mol. The number of benzene rings is 2. The molecule has 0 fully saturated rings. The highest BCUT2D eigenvalue weighted by atomic mass is 32.1. The number of aromatic nitrogens is 2. The fraction of sp³-hybridized carbons (Fsp3) is 0.0909. The standard InChI is InChI=1S/C22H19N3OS/c1-26-21-10-9-17(12-16-6-3-2-4-7-16)13-19(21)24-22-25-20(15-27-22)18-8-5-11-23-14-18/h2-11,13-15H,12H2,1H3,(H,24,25). The van der Waals surface area contributed by atoms with Gasteiger partial charge in [-0.3, -0.25) is 4.98 Å². The predicted octanol–water partition coefficient (Wildman–Crippen LogP) is 5.55. The number of rotatable bonds is 6. The summed E-state index contributed by atoms with van der Waals surface area (Å²) in [5, 5.41) is 6.25. The second-order valence-corrected chi connectivity index (χ2v) is 6.96. The summed E-state index contributed by atoms with van der Waals surface area (Å²) in [6.07, 6.45) is 4.45. The van der Waals surface area contributed by atoms with Gasteiger partial charge in [0.25, 0.3) is 0 Å². The number of hydrogen-bond donors (Lipinski definition) is 1. The van der Waals surface area contributed by atoms with E-state index in [1.807, 2.05) is 35.8 Å². The van der Waals surface area contributed by atoms with Gasteiger partial charge in [-0.25, -0.2) is 4.98 Å². The van der Waals surface area contributed by atoms with Gasteiger partial charge >= 0.3 is 0 Å². The molecule has 0 saturated carbocycles. The van der Waals surface area contributed by atoms with E-state index in [-0.39, 0.29) is 0 Å². The largest absolute Gasteiger partial charge is 0.495 e. The maximum Gasteiger partial charge on any atom is 0.187 e. The van der Waals surface area contributed by atoms with Crippen molar-refractivity contribution in [3.8, 4) is 17.0 Å². The molecule has 5 heteroatoms. The minimum absolute atomic E-state index is 0.796. The molecule has 0 aliphatic rings. The monoisotopic (exact) mass is 373 g/mol. The van der Waals surface area contributed by atoms with E-state index in [2.05, 4.69) is 51.7 Å². The van der Waals surface area contributed by atoms with Crippen LogP contribution in [0.2, 0.25) is 0 Å². The number of anilines is 2. The minimum atomic E-state index is 0.796. The Morgan fingerprint density at radius 3 is 2.67 bits per heavy atom. The van der Waals surface area contributed by atoms with Crippen molar-refractivity contribution in [1.29, 1.82) is 0 Å². The third-order valence-electron chi connectivity index (χ3n) is 4.22. The molecule has 134 valence electrons. The van der Waals surface area contributed by atoms with Crippen LogP contribution >= 0.6 is 11.3 Å².